The number of halogens is 1. The first-order valence-corrected chi connectivity index (χ1v) is 8.26. The van der Waals surface area contributed by atoms with Crippen LogP contribution in [0, 0.1) is 6.92 Å². The minimum absolute atomic E-state index is 0. The first-order valence-electron chi connectivity index (χ1n) is 8.26. The molecule has 0 aliphatic carbocycles. The highest BCUT2D eigenvalue weighted by atomic mass is 127. The molecule has 1 aromatic heterocycles. The molecule has 1 aliphatic rings. The van der Waals surface area contributed by atoms with Gasteiger partial charge in [0.05, 0.1) is 19.3 Å². The van der Waals surface area contributed by atoms with Crippen LogP contribution in [0.15, 0.2) is 21.5 Å². The number of guanidine groups is 1. The fraction of sp³-hybridized carbons (Fsp3) is 0.706. The van der Waals surface area contributed by atoms with Gasteiger partial charge < -0.3 is 19.8 Å². The third-order valence-corrected chi connectivity index (χ3v) is 3.76. The molecule has 1 fully saturated rings. The highest BCUT2D eigenvalue weighted by Gasteiger charge is 2.25. The van der Waals surface area contributed by atoms with Gasteiger partial charge in [0.25, 0.3) is 0 Å². The lowest BCUT2D eigenvalue weighted by atomic mass is 10.1. The zero-order chi connectivity index (χ0) is 16.9. The lowest BCUT2D eigenvalue weighted by Crippen LogP contribution is -2.50. The average Bonchev–Trinajstić information content (AvgIpc) is 2.92. The van der Waals surface area contributed by atoms with Crippen molar-refractivity contribution in [3.8, 4) is 0 Å². The van der Waals surface area contributed by atoms with Crippen molar-refractivity contribution in [2.45, 2.75) is 39.3 Å². The van der Waals surface area contributed by atoms with Crippen molar-refractivity contribution >= 4 is 29.9 Å². The quantitative estimate of drug-likeness (QED) is 0.420. The third kappa shape index (κ3) is 6.60. The van der Waals surface area contributed by atoms with Gasteiger partial charge in [-0.25, -0.2) is 0 Å². The maximum Gasteiger partial charge on any atom is 0.191 e. The molecule has 2 heterocycles. The molecule has 0 saturated carbocycles. The first kappa shape index (κ1) is 21.2. The molecule has 1 aliphatic heterocycles. The van der Waals surface area contributed by atoms with Crippen molar-refractivity contribution in [2.24, 2.45) is 4.99 Å². The maximum atomic E-state index is 5.88. The standard InChI is InChI=1S/C17H30N4O2.HI/c1-13-6-7-15(23-13)14(21-8-10-22-11-9-21)12-19-16(18-5)20-17(2,3)4;/h6-7,14H,8-12H2,1-5H3,(H2,18,19,20);1H. The van der Waals surface area contributed by atoms with Crippen LogP contribution in [0.5, 0.6) is 0 Å². The van der Waals surface area contributed by atoms with Crippen LogP contribution in [0.25, 0.3) is 0 Å². The summed E-state index contributed by atoms with van der Waals surface area (Å²) in [5, 5.41) is 6.81. The molecule has 138 valence electrons. The van der Waals surface area contributed by atoms with Gasteiger partial charge in [-0.15, -0.1) is 24.0 Å². The normalized spacial score (nSPS) is 18.0. The molecule has 2 rings (SSSR count). The smallest absolute Gasteiger partial charge is 0.191 e. The number of aryl methyl sites for hydroxylation is 1. The molecule has 1 aromatic rings. The van der Waals surface area contributed by atoms with Crippen molar-refractivity contribution < 1.29 is 9.15 Å². The third-order valence-electron chi connectivity index (χ3n) is 3.76. The van der Waals surface area contributed by atoms with E-state index in [1.54, 1.807) is 7.05 Å². The molecule has 2 N–H and O–H groups in total. The monoisotopic (exact) mass is 450 g/mol. The van der Waals surface area contributed by atoms with Crippen LogP contribution in [0.4, 0.5) is 0 Å². The van der Waals surface area contributed by atoms with E-state index in [-0.39, 0.29) is 35.6 Å². The Balaban J connectivity index is 0.00000288. The van der Waals surface area contributed by atoms with Crippen LogP contribution in [0.2, 0.25) is 0 Å². The first-order chi connectivity index (χ1) is 10.9. The molecule has 0 radical (unpaired) electrons. The minimum atomic E-state index is -0.0302. The van der Waals surface area contributed by atoms with E-state index in [1.807, 2.05) is 13.0 Å². The van der Waals surface area contributed by atoms with Crippen molar-refractivity contribution in [3.05, 3.63) is 23.7 Å². The Labute approximate surface area is 162 Å². The predicted octanol–water partition coefficient (Wildman–Crippen LogP) is 2.54. The summed E-state index contributed by atoms with van der Waals surface area (Å²) in [6.07, 6.45) is 0. The van der Waals surface area contributed by atoms with Crippen molar-refractivity contribution in [1.29, 1.82) is 0 Å². The number of nitrogens with one attached hydrogen (secondary N) is 2. The van der Waals surface area contributed by atoms with Crippen LogP contribution >= 0.6 is 24.0 Å². The van der Waals surface area contributed by atoms with Crippen molar-refractivity contribution in [2.75, 3.05) is 39.9 Å². The number of ether oxygens (including phenoxy) is 1. The largest absolute Gasteiger partial charge is 0.465 e. The van der Waals surface area contributed by atoms with E-state index >= 15 is 0 Å². The Morgan fingerprint density at radius 3 is 2.46 bits per heavy atom. The molecule has 1 unspecified atom stereocenters. The highest BCUT2D eigenvalue weighted by Crippen LogP contribution is 2.23. The number of nitrogens with zero attached hydrogens (tertiary/aromatic N) is 2. The summed E-state index contributed by atoms with van der Waals surface area (Å²) in [5.74, 6) is 2.73. The summed E-state index contributed by atoms with van der Waals surface area (Å²) < 4.78 is 11.4. The summed E-state index contributed by atoms with van der Waals surface area (Å²) >= 11 is 0. The van der Waals surface area contributed by atoms with Gasteiger partial charge in [0.15, 0.2) is 5.96 Å². The number of rotatable bonds is 4. The second-order valence-electron chi connectivity index (χ2n) is 6.94. The number of hydrogen-bond donors (Lipinski definition) is 2. The Morgan fingerprint density at radius 1 is 1.29 bits per heavy atom. The van der Waals surface area contributed by atoms with Crippen LogP contribution in [-0.4, -0.2) is 56.3 Å². The Kier molecular flexibility index (Phi) is 8.52. The second kappa shape index (κ2) is 9.62. The van der Waals surface area contributed by atoms with Crippen LogP contribution in [-0.2, 0) is 4.74 Å². The van der Waals surface area contributed by atoms with Gasteiger partial charge in [-0.05, 0) is 39.8 Å². The van der Waals surface area contributed by atoms with E-state index in [4.69, 9.17) is 9.15 Å². The molecular formula is C17H31IN4O2. The fourth-order valence-electron chi connectivity index (χ4n) is 2.66. The van der Waals surface area contributed by atoms with E-state index in [2.05, 4.69) is 47.4 Å². The van der Waals surface area contributed by atoms with Gasteiger partial charge in [0, 0.05) is 32.2 Å². The van der Waals surface area contributed by atoms with E-state index < -0.39 is 0 Å². The lowest BCUT2D eigenvalue weighted by Gasteiger charge is -2.34. The summed E-state index contributed by atoms with van der Waals surface area (Å²) in [6, 6.07) is 4.26. The molecule has 24 heavy (non-hydrogen) atoms. The summed E-state index contributed by atoms with van der Waals surface area (Å²) in [5.41, 5.74) is -0.0302. The number of morpholine rings is 1. The summed E-state index contributed by atoms with van der Waals surface area (Å²) in [7, 11) is 1.79. The molecule has 1 atom stereocenters. The molecule has 7 heteroatoms. The van der Waals surface area contributed by atoms with Crippen molar-refractivity contribution in [1.82, 2.24) is 15.5 Å². The molecule has 1 saturated heterocycles. The number of furan rings is 1. The minimum Gasteiger partial charge on any atom is -0.465 e. The molecular weight excluding hydrogens is 419 g/mol. The zero-order valence-electron chi connectivity index (χ0n) is 15.4. The van der Waals surface area contributed by atoms with Gasteiger partial charge >= 0.3 is 0 Å². The SMILES string of the molecule is CN=C(NCC(c1ccc(C)o1)N1CCOCC1)NC(C)(C)C.I. The number of hydrogen-bond acceptors (Lipinski definition) is 4. The summed E-state index contributed by atoms with van der Waals surface area (Å²) in [6.45, 7) is 12.4. The van der Waals surface area contributed by atoms with Crippen LogP contribution in [0.3, 0.4) is 0 Å². The lowest BCUT2D eigenvalue weighted by molar-refractivity contribution is 0.0124. The van der Waals surface area contributed by atoms with Gasteiger partial charge in [-0.2, -0.15) is 0 Å². The number of aliphatic imine (C=N–C) groups is 1. The molecule has 6 nitrogen and oxygen atoms in total. The van der Waals surface area contributed by atoms with E-state index in [1.165, 1.54) is 0 Å². The van der Waals surface area contributed by atoms with Crippen molar-refractivity contribution in [3.63, 3.8) is 0 Å². The molecule has 0 amide bonds. The predicted molar refractivity (Wildman–Crippen MR) is 108 cm³/mol. The van der Waals surface area contributed by atoms with Gasteiger partial charge in [-0.3, -0.25) is 9.89 Å². The van der Waals surface area contributed by atoms with Gasteiger partial charge in [0.2, 0.25) is 0 Å². The maximum absolute atomic E-state index is 5.88. The van der Waals surface area contributed by atoms with Crippen LogP contribution < -0.4 is 10.6 Å². The Bertz CT molecular complexity index is 519. The van der Waals surface area contributed by atoms with E-state index in [9.17, 15) is 0 Å². The Morgan fingerprint density at radius 2 is 1.96 bits per heavy atom. The van der Waals surface area contributed by atoms with Crippen LogP contribution in [0.1, 0.15) is 38.3 Å². The molecule has 0 spiro atoms. The topological polar surface area (TPSA) is 62.0 Å². The Hall–Kier alpha value is -0.800. The molecule has 0 bridgehead atoms. The molecule has 0 aromatic carbocycles. The fourth-order valence-corrected chi connectivity index (χ4v) is 2.66. The highest BCUT2D eigenvalue weighted by molar-refractivity contribution is 14.0. The zero-order valence-corrected chi connectivity index (χ0v) is 17.7. The second-order valence-corrected chi connectivity index (χ2v) is 6.94. The van der Waals surface area contributed by atoms with E-state index in [0.29, 0.717) is 0 Å². The summed E-state index contributed by atoms with van der Waals surface area (Å²) in [4.78, 5) is 6.71. The average molecular weight is 450 g/mol. The van der Waals surface area contributed by atoms with E-state index in [0.717, 1.165) is 50.3 Å². The van der Waals surface area contributed by atoms with Gasteiger partial charge in [-0.1, -0.05) is 0 Å². The van der Waals surface area contributed by atoms with Gasteiger partial charge in [0.1, 0.15) is 11.5 Å².